The van der Waals surface area contributed by atoms with Gasteiger partial charge >= 0.3 is 0 Å². The molecule has 1 aliphatic heterocycles. The fourth-order valence-electron chi connectivity index (χ4n) is 2.01. The lowest BCUT2D eigenvalue weighted by Gasteiger charge is -2.11. The van der Waals surface area contributed by atoms with E-state index in [0.29, 0.717) is 6.54 Å². The number of methoxy groups -OCH3 is 1. The summed E-state index contributed by atoms with van der Waals surface area (Å²) in [6, 6.07) is 3.60. The third-order valence-corrected chi connectivity index (χ3v) is 4.58. The molecule has 2 N–H and O–H groups in total. The highest BCUT2D eigenvalue weighted by atomic mass is 35.5. The normalized spacial score (nSPS) is 18.6. The SMILES string of the molecule is COc1ccc(S(=O)(=O)NCC2CCNC2)cc1F.Cl. The van der Waals surface area contributed by atoms with E-state index < -0.39 is 15.8 Å². The molecule has 0 aromatic heterocycles. The second-order valence-corrected chi connectivity index (χ2v) is 6.27. The third kappa shape index (κ3) is 4.05. The highest BCUT2D eigenvalue weighted by Gasteiger charge is 2.20. The molecule has 1 fully saturated rings. The van der Waals surface area contributed by atoms with Crippen LogP contribution >= 0.6 is 12.4 Å². The first-order valence-electron chi connectivity index (χ1n) is 6.07. The van der Waals surface area contributed by atoms with Gasteiger partial charge in [-0.2, -0.15) is 0 Å². The fraction of sp³-hybridized carbons (Fsp3) is 0.500. The minimum Gasteiger partial charge on any atom is -0.494 e. The topological polar surface area (TPSA) is 67.4 Å². The van der Waals surface area contributed by atoms with Crippen LogP contribution in [0.4, 0.5) is 4.39 Å². The molecule has 0 spiro atoms. The Hall–Kier alpha value is -0.890. The van der Waals surface area contributed by atoms with Crippen LogP contribution in [0.5, 0.6) is 5.75 Å². The van der Waals surface area contributed by atoms with Crippen molar-refractivity contribution in [2.45, 2.75) is 11.3 Å². The molecular formula is C12H18ClFN2O3S. The van der Waals surface area contributed by atoms with Crippen molar-refractivity contribution in [3.63, 3.8) is 0 Å². The minimum atomic E-state index is -3.67. The zero-order valence-corrected chi connectivity index (χ0v) is 12.7. The Bertz CT molecular complexity index is 548. The molecule has 2 rings (SSSR count). The molecule has 0 saturated carbocycles. The van der Waals surface area contributed by atoms with E-state index in [1.54, 1.807) is 0 Å². The molecule has 8 heteroatoms. The van der Waals surface area contributed by atoms with Crippen LogP contribution in [0.3, 0.4) is 0 Å². The second kappa shape index (κ2) is 7.21. The highest BCUT2D eigenvalue weighted by molar-refractivity contribution is 7.89. The van der Waals surface area contributed by atoms with Crippen LogP contribution in [0.25, 0.3) is 0 Å². The van der Waals surface area contributed by atoms with E-state index in [1.165, 1.54) is 19.2 Å². The molecule has 1 atom stereocenters. The predicted octanol–water partition coefficient (Wildman–Crippen LogP) is 1.14. The molecule has 5 nitrogen and oxygen atoms in total. The van der Waals surface area contributed by atoms with Gasteiger partial charge in [-0.1, -0.05) is 0 Å². The van der Waals surface area contributed by atoms with Crippen molar-refractivity contribution < 1.29 is 17.5 Å². The summed E-state index contributed by atoms with van der Waals surface area (Å²) < 4.78 is 44.8. The van der Waals surface area contributed by atoms with Crippen molar-refractivity contribution in [1.29, 1.82) is 0 Å². The molecule has 114 valence electrons. The van der Waals surface area contributed by atoms with Crippen LogP contribution in [0.1, 0.15) is 6.42 Å². The molecule has 0 radical (unpaired) electrons. The van der Waals surface area contributed by atoms with Crippen LogP contribution in [-0.2, 0) is 10.0 Å². The molecule has 20 heavy (non-hydrogen) atoms. The Labute approximate surface area is 124 Å². The Balaban J connectivity index is 0.00000200. The van der Waals surface area contributed by atoms with Gasteiger partial charge in [-0.25, -0.2) is 17.5 Å². The lowest BCUT2D eigenvalue weighted by atomic mass is 10.1. The zero-order valence-electron chi connectivity index (χ0n) is 11.1. The zero-order chi connectivity index (χ0) is 13.9. The third-order valence-electron chi connectivity index (χ3n) is 3.16. The Morgan fingerprint density at radius 3 is 2.80 bits per heavy atom. The number of benzene rings is 1. The van der Waals surface area contributed by atoms with E-state index in [1.807, 2.05) is 0 Å². The fourth-order valence-corrected chi connectivity index (χ4v) is 3.14. The largest absolute Gasteiger partial charge is 0.494 e. The average Bonchev–Trinajstić information content (AvgIpc) is 2.89. The first kappa shape index (κ1) is 17.2. The summed E-state index contributed by atoms with van der Waals surface area (Å²) in [6.07, 6.45) is 0.944. The summed E-state index contributed by atoms with van der Waals surface area (Å²) in [4.78, 5) is -0.0863. The van der Waals surface area contributed by atoms with E-state index in [2.05, 4.69) is 10.0 Å². The van der Waals surface area contributed by atoms with Crippen molar-refractivity contribution in [3.8, 4) is 5.75 Å². The van der Waals surface area contributed by atoms with Gasteiger partial charge in [-0.05, 0) is 43.6 Å². The van der Waals surface area contributed by atoms with Crippen molar-refractivity contribution in [2.24, 2.45) is 5.92 Å². The maximum absolute atomic E-state index is 13.5. The summed E-state index contributed by atoms with van der Waals surface area (Å²) in [5.41, 5.74) is 0. The Morgan fingerprint density at radius 1 is 1.50 bits per heavy atom. The summed E-state index contributed by atoms with van der Waals surface area (Å²) in [5.74, 6) is -0.371. The van der Waals surface area contributed by atoms with Gasteiger partial charge in [0.25, 0.3) is 0 Å². The van der Waals surface area contributed by atoms with Crippen molar-refractivity contribution in [3.05, 3.63) is 24.0 Å². The van der Waals surface area contributed by atoms with Crippen LogP contribution in [0.15, 0.2) is 23.1 Å². The van der Waals surface area contributed by atoms with Gasteiger partial charge in [0.15, 0.2) is 11.6 Å². The summed E-state index contributed by atoms with van der Waals surface area (Å²) in [6.45, 7) is 2.08. The smallest absolute Gasteiger partial charge is 0.240 e. The van der Waals surface area contributed by atoms with Crippen molar-refractivity contribution in [2.75, 3.05) is 26.7 Å². The number of sulfonamides is 1. The molecule has 1 heterocycles. The molecule has 1 unspecified atom stereocenters. The molecule has 1 aliphatic rings. The van der Waals surface area contributed by atoms with Crippen molar-refractivity contribution >= 4 is 22.4 Å². The van der Waals surface area contributed by atoms with E-state index in [0.717, 1.165) is 25.6 Å². The standard InChI is InChI=1S/C12H17FN2O3S.ClH/c1-18-12-3-2-10(6-11(12)13)19(16,17)15-8-9-4-5-14-7-9;/h2-3,6,9,14-15H,4-5,7-8H2,1H3;1H. The first-order chi connectivity index (χ1) is 9.03. The lowest BCUT2D eigenvalue weighted by Crippen LogP contribution is -2.30. The highest BCUT2D eigenvalue weighted by Crippen LogP contribution is 2.20. The molecule has 0 bridgehead atoms. The summed E-state index contributed by atoms with van der Waals surface area (Å²) in [5, 5.41) is 3.16. The van der Waals surface area contributed by atoms with Gasteiger partial charge < -0.3 is 10.1 Å². The van der Waals surface area contributed by atoms with Crippen LogP contribution in [0.2, 0.25) is 0 Å². The summed E-state index contributed by atoms with van der Waals surface area (Å²) in [7, 11) is -2.34. The molecule has 1 saturated heterocycles. The maximum atomic E-state index is 13.5. The first-order valence-corrected chi connectivity index (χ1v) is 7.55. The Morgan fingerprint density at radius 2 is 2.25 bits per heavy atom. The number of hydrogen-bond acceptors (Lipinski definition) is 4. The monoisotopic (exact) mass is 324 g/mol. The predicted molar refractivity (Wildman–Crippen MR) is 76.4 cm³/mol. The van der Waals surface area contributed by atoms with Crippen LogP contribution in [0, 0.1) is 11.7 Å². The molecular weight excluding hydrogens is 307 g/mol. The van der Waals surface area contributed by atoms with E-state index in [-0.39, 0.29) is 29.0 Å². The molecule has 1 aromatic carbocycles. The van der Waals surface area contributed by atoms with Gasteiger partial charge in [0, 0.05) is 6.54 Å². The minimum absolute atomic E-state index is 0. The van der Waals surface area contributed by atoms with Gasteiger partial charge in [-0.15, -0.1) is 12.4 Å². The Kier molecular flexibility index (Phi) is 6.19. The van der Waals surface area contributed by atoms with Gasteiger partial charge in [0.05, 0.1) is 12.0 Å². The van der Waals surface area contributed by atoms with E-state index in [9.17, 15) is 12.8 Å². The summed E-state index contributed by atoms with van der Waals surface area (Å²) >= 11 is 0. The van der Waals surface area contributed by atoms with Crippen LogP contribution in [-0.4, -0.2) is 35.2 Å². The van der Waals surface area contributed by atoms with Crippen LogP contribution < -0.4 is 14.8 Å². The number of rotatable bonds is 5. The maximum Gasteiger partial charge on any atom is 0.240 e. The number of hydrogen-bond donors (Lipinski definition) is 2. The van der Waals surface area contributed by atoms with E-state index >= 15 is 0 Å². The van der Waals surface area contributed by atoms with Crippen molar-refractivity contribution in [1.82, 2.24) is 10.0 Å². The number of halogens is 2. The van der Waals surface area contributed by atoms with E-state index in [4.69, 9.17) is 4.74 Å². The number of ether oxygens (including phenoxy) is 1. The lowest BCUT2D eigenvalue weighted by molar-refractivity contribution is 0.385. The molecule has 0 amide bonds. The van der Waals surface area contributed by atoms with Gasteiger partial charge in [0.1, 0.15) is 0 Å². The van der Waals surface area contributed by atoms with Gasteiger partial charge in [-0.3, -0.25) is 0 Å². The average molecular weight is 325 g/mol. The second-order valence-electron chi connectivity index (χ2n) is 4.51. The number of nitrogens with one attached hydrogen (secondary N) is 2. The quantitative estimate of drug-likeness (QED) is 0.852. The van der Waals surface area contributed by atoms with Gasteiger partial charge in [0.2, 0.25) is 10.0 Å². The molecule has 0 aliphatic carbocycles. The molecule has 1 aromatic rings.